The van der Waals surface area contributed by atoms with Gasteiger partial charge in [-0.15, -0.1) is 0 Å². The highest BCUT2D eigenvalue weighted by Gasteiger charge is 2.19. The lowest BCUT2D eigenvalue weighted by molar-refractivity contribution is 0.205. The van der Waals surface area contributed by atoms with Gasteiger partial charge in [0.1, 0.15) is 0 Å². The molecule has 78 valence electrons. The zero-order valence-corrected chi connectivity index (χ0v) is 9.69. The van der Waals surface area contributed by atoms with Crippen molar-refractivity contribution in [2.75, 3.05) is 26.2 Å². The third kappa shape index (κ3) is 6.08. The number of hydrogen-bond donors (Lipinski definition) is 1. The number of nitrogens with two attached hydrogens (primary N) is 1. The van der Waals surface area contributed by atoms with Crippen molar-refractivity contribution in [3.05, 3.63) is 11.6 Å². The molecule has 0 spiro atoms. The Morgan fingerprint density at radius 3 is 2.38 bits per heavy atom. The lowest BCUT2D eigenvalue weighted by Crippen LogP contribution is -2.39. The lowest BCUT2D eigenvalue weighted by Gasteiger charge is -2.30. The fourth-order valence-electron chi connectivity index (χ4n) is 1.19. The van der Waals surface area contributed by atoms with Gasteiger partial charge in [-0.2, -0.15) is 0 Å². The molecular weight excluding hydrogens is 184 g/mol. The molecule has 13 heavy (non-hydrogen) atoms. The highest BCUT2D eigenvalue weighted by molar-refractivity contribution is 6.29. The first-order valence-electron chi connectivity index (χ1n) is 4.67. The van der Waals surface area contributed by atoms with E-state index < -0.39 is 0 Å². The molecule has 0 saturated heterocycles. The van der Waals surface area contributed by atoms with Gasteiger partial charge in [-0.3, -0.25) is 4.90 Å². The summed E-state index contributed by atoms with van der Waals surface area (Å²) in [4.78, 5) is 2.25. The maximum absolute atomic E-state index is 5.76. The number of nitrogens with zero attached hydrogens (tertiary/aromatic N) is 1. The van der Waals surface area contributed by atoms with Gasteiger partial charge < -0.3 is 5.73 Å². The molecule has 0 atom stereocenters. The average molecular weight is 205 g/mol. The maximum Gasteiger partial charge on any atom is 0.0335 e. The van der Waals surface area contributed by atoms with Gasteiger partial charge in [0.25, 0.3) is 0 Å². The number of likely N-dealkylation sites (N-methyl/N-ethyl adjacent to an activating group) is 1. The molecule has 0 aromatic rings. The maximum atomic E-state index is 5.76. The molecule has 2 N–H and O–H groups in total. The second-order valence-electron chi connectivity index (χ2n) is 4.19. The van der Waals surface area contributed by atoms with Crippen LogP contribution >= 0.6 is 11.6 Å². The monoisotopic (exact) mass is 204 g/mol. The van der Waals surface area contributed by atoms with Crippen LogP contribution in [0.2, 0.25) is 0 Å². The molecule has 0 aromatic heterocycles. The van der Waals surface area contributed by atoms with E-state index in [1.54, 1.807) is 0 Å². The molecule has 3 heteroatoms. The van der Waals surface area contributed by atoms with E-state index in [-0.39, 0.29) is 5.41 Å². The van der Waals surface area contributed by atoms with Gasteiger partial charge in [0.15, 0.2) is 0 Å². The third-order valence-electron chi connectivity index (χ3n) is 2.05. The van der Waals surface area contributed by atoms with Gasteiger partial charge >= 0.3 is 0 Å². The fraction of sp³-hybridized carbons (Fsp3) is 0.800. The minimum absolute atomic E-state index is 0.155. The number of halogens is 1. The second kappa shape index (κ2) is 5.63. The Morgan fingerprint density at radius 1 is 1.54 bits per heavy atom. The van der Waals surface area contributed by atoms with Gasteiger partial charge in [0.2, 0.25) is 0 Å². The minimum atomic E-state index is 0.155. The molecule has 0 aromatic carbocycles. The Hall–Kier alpha value is -0.0500. The van der Waals surface area contributed by atoms with Crippen molar-refractivity contribution in [3.8, 4) is 0 Å². The zero-order chi connectivity index (χ0) is 10.5. The molecule has 0 saturated carbocycles. The van der Waals surface area contributed by atoms with Crippen molar-refractivity contribution in [1.82, 2.24) is 4.90 Å². The number of rotatable bonds is 6. The summed E-state index contributed by atoms with van der Waals surface area (Å²) in [5.41, 5.74) is 5.81. The molecule has 0 aliphatic carbocycles. The fourth-order valence-corrected chi connectivity index (χ4v) is 1.36. The van der Waals surface area contributed by atoms with E-state index in [0.29, 0.717) is 11.6 Å². The summed E-state index contributed by atoms with van der Waals surface area (Å²) in [6.07, 6.45) is 0. The van der Waals surface area contributed by atoms with Crippen LogP contribution in [-0.2, 0) is 0 Å². The summed E-state index contributed by atoms with van der Waals surface area (Å²) in [6, 6.07) is 0. The predicted octanol–water partition coefficient (Wildman–Crippen LogP) is 2.05. The van der Waals surface area contributed by atoms with Gasteiger partial charge in [0.05, 0.1) is 0 Å². The molecular formula is C10H21ClN2. The Balaban J connectivity index is 4.04. The van der Waals surface area contributed by atoms with E-state index >= 15 is 0 Å². The molecule has 0 aliphatic rings. The summed E-state index contributed by atoms with van der Waals surface area (Å²) in [7, 11) is 0. The smallest absolute Gasteiger partial charge is 0.0335 e. The van der Waals surface area contributed by atoms with Crippen LogP contribution in [0.5, 0.6) is 0 Å². The highest BCUT2D eigenvalue weighted by Crippen LogP contribution is 2.15. The van der Waals surface area contributed by atoms with Gasteiger partial charge in [-0.05, 0) is 18.5 Å². The van der Waals surface area contributed by atoms with E-state index in [2.05, 4.69) is 32.3 Å². The quantitative estimate of drug-likeness (QED) is 0.718. The second-order valence-corrected chi connectivity index (χ2v) is 4.72. The molecule has 0 fully saturated rings. The zero-order valence-electron chi connectivity index (χ0n) is 8.94. The minimum Gasteiger partial charge on any atom is -0.330 e. The van der Waals surface area contributed by atoms with Gasteiger partial charge in [-0.25, -0.2) is 0 Å². The van der Waals surface area contributed by atoms with E-state index in [9.17, 15) is 0 Å². The van der Waals surface area contributed by atoms with Crippen LogP contribution in [0.25, 0.3) is 0 Å². The summed E-state index contributed by atoms with van der Waals surface area (Å²) in [5, 5.41) is 0.690. The molecule has 0 radical (unpaired) electrons. The Kier molecular flexibility index (Phi) is 5.61. The Labute approximate surface area is 86.7 Å². The lowest BCUT2D eigenvalue weighted by atomic mass is 9.93. The molecule has 0 heterocycles. The van der Waals surface area contributed by atoms with Crippen LogP contribution in [0.15, 0.2) is 11.6 Å². The number of hydrogen-bond acceptors (Lipinski definition) is 2. The van der Waals surface area contributed by atoms with Crippen molar-refractivity contribution >= 4 is 11.6 Å². The molecule has 0 rings (SSSR count). The van der Waals surface area contributed by atoms with Crippen molar-refractivity contribution in [1.29, 1.82) is 0 Å². The molecule has 0 unspecified atom stereocenters. The molecule has 0 aliphatic heterocycles. The summed E-state index contributed by atoms with van der Waals surface area (Å²) in [5.74, 6) is 0. The van der Waals surface area contributed by atoms with Gasteiger partial charge in [0, 0.05) is 18.1 Å². The van der Waals surface area contributed by atoms with Gasteiger partial charge in [-0.1, -0.05) is 39.0 Å². The first-order valence-corrected chi connectivity index (χ1v) is 5.05. The van der Waals surface area contributed by atoms with Crippen LogP contribution in [0, 0.1) is 5.41 Å². The van der Waals surface area contributed by atoms with E-state index in [1.807, 2.05) is 0 Å². The summed E-state index contributed by atoms with van der Waals surface area (Å²) < 4.78 is 0. The SMILES string of the molecule is C=C(Cl)CN(CC)CC(C)(C)CN. The average Bonchev–Trinajstić information content (AvgIpc) is 2.02. The molecule has 0 amide bonds. The summed E-state index contributed by atoms with van der Waals surface area (Å²) in [6.45, 7) is 13.5. The van der Waals surface area contributed by atoms with Crippen LogP contribution in [0.3, 0.4) is 0 Å². The first-order chi connectivity index (χ1) is 5.91. The molecule has 0 bridgehead atoms. The standard InChI is InChI=1S/C10H21ClN2/c1-5-13(6-9(2)11)8-10(3,4)7-12/h2,5-8,12H2,1,3-4H3. The normalized spacial score (nSPS) is 12.2. The van der Waals surface area contributed by atoms with E-state index in [4.69, 9.17) is 17.3 Å². The van der Waals surface area contributed by atoms with Crippen LogP contribution in [-0.4, -0.2) is 31.1 Å². The van der Waals surface area contributed by atoms with Crippen molar-refractivity contribution < 1.29 is 0 Å². The molecule has 2 nitrogen and oxygen atoms in total. The van der Waals surface area contributed by atoms with Crippen LogP contribution in [0.1, 0.15) is 20.8 Å². The van der Waals surface area contributed by atoms with Crippen LogP contribution < -0.4 is 5.73 Å². The third-order valence-corrected chi connectivity index (χ3v) is 2.17. The Bertz CT molecular complexity index is 166. The Morgan fingerprint density at radius 2 is 2.08 bits per heavy atom. The van der Waals surface area contributed by atoms with Crippen molar-refractivity contribution in [2.24, 2.45) is 11.1 Å². The van der Waals surface area contributed by atoms with Crippen molar-refractivity contribution in [2.45, 2.75) is 20.8 Å². The predicted molar refractivity (Wildman–Crippen MR) is 59.9 cm³/mol. The first kappa shape index (κ1) is 12.9. The van der Waals surface area contributed by atoms with E-state index in [1.165, 1.54) is 0 Å². The van der Waals surface area contributed by atoms with Crippen molar-refractivity contribution in [3.63, 3.8) is 0 Å². The van der Waals surface area contributed by atoms with E-state index in [0.717, 1.165) is 19.6 Å². The van der Waals surface area contributed by atoms with Crippen LogP contribution in [0.4, 0.5) is 0 Å². The largest absolute Gasteiger partial charge is 0.330 e. The summed E-state index contributed by atoms with van der Waals surface area (Å²) >= 11 is 5.76. The highest BCUT2D eigenvalue weighted by atomic mass is 35.5. The topological polar surface area (TPSA) is 29.3 Å².